The van der Waals surface area contributed by atoms with Crippen LogP contribution in [0, 0.1) is 0 Å². The molecule has 62 valence electrons. The van der Waals surface area contributed by atoms with Crippen molar-refractivity contribution >= 4 is 11.8 Å². The molecular weight excluding hydrogens is 164 g/mol. The van der Waals surface area contributed by atoms with Crippen molar-refractivity contribution in [3.05, 3.63) is 10.4 Å². The van der Waals surface area contributed by atoms with Crippen molar-refractivity contribution in [2.24, 2.45) is 0 Å². The van der Waals surface area contributed by atoms with E-state index in [-0.39, 0.29) is 11.7 Å². The van der Waals surface area contributed by atoms with E-state index in [1.54, 1.807) is 4.68 Å². The van der Waals surface area contributed by atoms with Gasteiger partial charge in [-0.05, 0) is 25.4 Å². The number of hydrogen-bond donors (Lipinski definition) is 1. The lowest BCUT2D eigenvalue weighted by atomic mass is 10.4. The highest BCUT2D eigenvalue weighted by Crippen LogP contribution is 2.04. The third-order valence-corrected chi connectivity index (χ3v) is 2.09. The highest BCUT2D eigenvalue weighted by molar-refractivity contribution is 7.98. The highest BCUT2D eigenvalue weighted by Gasteiger charge is 2.21. The van der Waals surface area contributed by atoms with Crippen LogP contribution in [0.3, 0.4) is 0 Å². The van der Waals surface area contributed by atoms with Gasteiger partial charge in [-0.15, -0.1) is 0 Å². The minimum Gasteiger partial charge on any atom is -0.282 e. The van der Waals surface area contributed by atoms with Crippen LogP contribution in [0.5, 0.6) is 0 Å². The van der Waals surface area contributed by atoms with Crippen LogP contribution in [0.2, 0.25) is 0 Å². The van der Waals surface area contributed by atoms with Gasteiger partial charge in [-0.3, -0.25) is 4.52 Å². The minimum atomic E-state index is -0.300. The Kier molecular flexibility index (Phi) is 2.38. The number of rotatable bonds is 2. The molecule has 1 aromatic heterocycles. The molecule has 0 bridgehead atoms. The van der Waals surface area contributed by atoms with Crippen LogP contribution in [0.4, 0.5) is 0 Å². The van der Waals surface area contributed by atoms with E-state index >= 15 is 0 Å². The summed E-state index contributed by atoms with van der Waals surface area (Å²) in [5, 5.41) is 3.14. The Labute approximate surface area is 68.5 Å². The van der Waals surface area contributed by atoms with Gasteiger partial charge in [0, 0.05) is 0 Å². The van der Waals surface area contributed by atoms with Crippen LogP contribution >= 0.6 is 11.8 Å². The first-order valence-electron chi connectivity index (χ1n) is 3.33. The Hall–Kier alpha value is -0.710. The molecule has 0 aliphatic rings. The fourth-order valence-corrected chi connectivity index (χ4v) is 1.45. The van der Waals surface area contributed by atoms with Crippen LogP contribution in [-0.2, 0) is 0 Å². The fraction of sp³-hybridized carbons (Fsp3) is 0.667. The van der Waals surface area contributed by atoms with Crippen molar-refractivity contribution in [2.45, 2.75) is 24.9 Å². The molecule has 4 nitrogen and oxygen atoms in total. The van der Waals surface area contributed by atoms with Gasteiger partial charge in [0.1, 0.15) is 0 Å². The number of nitrogens with one attached hydrogen (secondary N) is 1. The maximum atomic E-state index is 10.9. The lowest BCUT2D eigenvalue weighted by molar-refractivity contribution is -0.809. The van der Waals surface area contributed by atoms with Crippen molar-refractivity contribution in [2.75, 3.05) is 6.26 Å². The van der Waals surface area contributed by atoms with Gasteiger partial charge in [-0.1, -0.05) is 16.4 Å². The fourth-order valence-electron chi connectivity index (χ4n) is 0.796. The van der Waals surface area contributed by atoms with Gasteiger partial charge >= 0.3 is 10.7 Å². The SMILES string of the molecule is CSc1c(=O)o[nH][n+]1C(C)C. The van der Waals surface area contributed by atoms with E-state index < -0.39 is 0 Å². The Bertz CT molecular complexity index is 289. The van der Waals surface area contributed by atoms with Crippen LogP contribution in [0.25, 0.3) is 0 Å². The summed E-state index contributed by atoms with van der Waals surface area (Å²) in [6, 6.07) is 0.226. The summed E-state index contributed by atoms with van der Waals surface area (Å²) in [4.78, 5) is 10.9. The maximum absolute atomic E-state index is 10.9. The molecule has 0 amide bonds. The van der Waals surface area contributed by atoms with Crippen molar-refractivity contribution in [1.29, 1.82) is 0 Å². The molecule has 1 heterocycles. The molecule has 0 spiro atoms. The minimum absolute atomic E-state index is 0.226. The molecule has 0 fully saturated rings. The second kappa shape index (κ2) is 3.13. The van der Waals surface area contributed by atoms with Crippen LogP contribution in [0.15, 0.2) is 14.3 Å². The quantitative estimate of drug-likeness (QED) is 0.527. The zero-order valence-electron chi connectivity index (χ0n) is 6.75. The van der Waals surface area contributed by atoms with Crippen molar-refractivity contribution < 1.29 is 9.20 Å². The van der Waals surface area contributed by atoms with Crippen molar-refractivity contribution in [3.8, 4) is 0 Å². The number of H-pyrrole nitrogens is 1. The maximum Gasteiger partial charge on any atom is 0.441 e. The van der Waals surface area contributed by atoms with Crippen molar-refractivity contribution in [3.63, 3.8) is 0 Å². The zero-order valence-corrected chi connectivity index (χ0v) is 7.57. The second-order valence-electron chi connectivity index (χ2n) is 2.45. The van der Waals surface area contributed by atoms with Gasteiger partial charge in [-0.2, -0.15) is 0 Å². The van der Waals surface area contributed by atoms with Gasteiger partial charge in [0.2, 0.25) is 0 Å². The summed E-state index contributed by atoms with van der Waals surface area (Å²) in [7, 11) is 0. The molecule has 0 aliphatic carbocycles. The lowest BCUT2D eigenvalue weighted by Gasteiger charge is -1.92. The Morgan fingerprint density at radius 2 is 2.27 bits per heavy atom. The topological polar surface area (TPSA) is 49.9 Å². The molecule has 0 aliphatic heterocycles. The first-order valence-corrected chi connectivity index (χ1v) is 4.56. The smallest absolute Gasteiger partial charge is 0.282 e. The zero-order chi connectivity index (χ0) is 8.43. The molecule has 0 radical (unpaired) electrons. The van der Waals surface area contributed by atoms with E-state index in [0.29, 0.717) is 5.03 Å². The van der Waals surface area contributed by atoms with E-state index in [0.717, 1.165) is 0 Å². The third-order valence-electron chi connectivity index (χ3n) is 1.34. The Morgan fingerprint density at radius 3 is 2.64 bits per heavy atom. The van der Waals surface area contributed by atoms with E-state index in [1.807, 2.05) is 20.1 Å². The summed E-state index contributed by atoms with van der Waals surface area (Å²) < 4.78 is 6.31. The van der Waals surface area contributed by atoms with E-state index in [1.165, 1.54) is 11.8 Å². The van der Waals surface area contributed by atoms with E-state index in [9.17, 15) is 4.79 Å². The molecule has 1 aromatic rings. The normalized spacial score (nSPS) is 10.9. The van der Waals surface area contributed by atoms with E-state index in [2.05, 4.69) is 9.79 Å². The standard InChI is InChI=1S/C6H10N2O2S/c1-4(2)8-5(11-3)6(9)10-7-8/h4H,1-3H3/p+1. The molecule has 0 aromatic carbocycles. The molecule has 0 atom stereocenters. The number of hydrogen-bond acceptors (Lipinski definition) is 3. The van der Waals surface area contributed by atoms with Gasteiger partial charge in [0.25, 0.3) is 0 Å². The molecule has 0 saturated heterocycles. The first kappa shape index (κ1) is 8.39. The largest absolute Gasteiger partial charge is 0.441 e. The Morgan fingerprint density at radius 1 is 1.64 bits per heavy atom. The predicted octanol–water partition coefficient (Wildman–Crippen LogP) is 0.558. The third kappa shape index (κ3) is 1.48. The van der Waals surface area contributed by atoms with Gasteiger partial charge in [0.15, 0.2) is 6.04 Å². The number of aromatic nitrogens is 2. The molecule has 1 N–H and O–H groups in total. The predicted molar refractivity (Wildman–Crippen MR) is 41.7 cm³/mol. The second-order valence-corrected chi connectivity index (χ2v) is 3.25. The summed E-state index contributed by atoms with van der Waals surface area (Å²) in [5.74, 6) is 0. The summed E-state index contributed by atoms with van der Waals surface area (Å²) >= 11 is 1.38. The van der Waals surface area contributed by atoms with Gasteiger partial charge in [-0.25, -0.2) is 4.79 Å². The average Bonchev–Trinajstić information content (AvgIpc) is 2.30. The molecule has 11 heavy (non-hydrogen) atoms. The molecule has 1 rings (SSSR count). The summed E-state index contributed by atoms with van der Waals surface area (Å²) in [5.41, 5.74) is -0.300. The number of nitrogens with zero attached hydrogens (tertiary/aromatic N) is 1. The van der Waals surface area contributed by atoms with E-state index in [4.69, 9.17) is 0 Å². The average molecular weight is 175 g/mol. The summed E-state index contributed by atoms with van der Waals surface area (Å²) in [6.45, 7) is 3.95. The number of thioether (sulfide) groups is 1. The molecule has 0 unspecified atom stereocenters. The van der Waals surface area contributed by atoms with Crippen LogP contribution in [-0.4, -0.2) is 11.5 Å². The lowest BCUT2D eigenvalue weighted by Crippen LogP contribution is -2.40. The van der Waals surface area contributed by atoms with Crippen LogP contribution < -0.4 is 10.3 Å². The van der Waals surface area contributed by atoms with Crippen molar-refractivity contribution in [1.82, 2.24) is 5.27 Å². The molecular formula is C6H11N2O2S+. The Balaban J connectivity index is 3.16. The van der Waals surface area contributed by atoms with Gasteiger partial charge in [0.05, 0.1) is 0 Å². The van der Waals surface area contributed by atoms with Crippen LogP contribution in [0.1, 0.15) is 19.9 Å². The first-order chi connectivity index (χ1) is 5.16. The molecule has 5 heteroatoms. The molecule has 0 saturated carbocycles. The van der Waals surface area contributed by atoms with Gasteiger partial charge < -0.3 is 0 Å². The monoisotopic (exact) mass is 175 g/mol. The summed E-state index contributed by atoms with van der Waals surface area (Å²) in [6.07, 6.45) is 1.85. The highest BCUT2D eigenvalue weighted by atomic mass is 32.2. The number of aromatic amines is 1.